The van der Waals surface area contributed by atoms with E-state index in [9.17, 15) is 0 Å². The van der Waals surface area contributed by atoms with E-state index in [2.05, 4.69) is 62.3 Å². The van der Waals surface area contributed by atoms with Crippen LogP contribution in [0.2, 0.25) is 0 Å². The van der Waals surface area contributed by atoms with Crippen LogP contribution < -0.4 is 10.6 Å². The minimum atomic E-state index is 0.739. The van der Waals surface area contributed by atoms with E-state index in [4.69, 9.17) is 0 Å². The van der Waals surface area contributed by atoms with Gasteiger partial charge in [-0.05, 0) is 18.5 Å². The second-order valence-corrected chi connectivity index (χ2v) is 6.13. The number of benzene rings is 1. The number of hydrogen-bond donors (Lipinski definition) is 2. The molecule has 0 aromatic heterocycles. The van der Waals surface area contributed by atoms with E-state index in [1.807, 2.05) is 6.08 Å². The molecule has 2 rings (SSSR count). The van der Waals surface area contributed by atoms with Crippen LogP contribution in [0.15, 0.2) is 48.0 Å². The van der Waals surface area contributed by atoms with Crippen LogP contribution in [0.25, 0.3) is 0 Å². The van der Waals surface area contributed by atoms with Gasteiger partial charge in [0, 0.05) is 52.9 Å². The monoisotopic (exact) mass is 329 g/mol. The van der Waals surface area contributed by atoms with Crippen molar-refractivity contribution in [2.75, 3.05) is 52.9 Å². The summed E-state index contributed by atoms with van der Waals surface area (Å²) in [5, 5.41) is 6.53. The average Bonchev–Trinajstić information content (AvgIpc) is 2.63. The highest BCUT2D eigenvalue weighted by atomic mass is 15.3. The van der Waals surface area contributed by atoms with Crippen LogP contribution in [0.3, 0.4) is 0 Å². The summed E-state index contributed by atoms with van der Waals surface area (Å²) in [4.78, 5) is 9.29. The predicted molar refractivity (Wildman–Crippen MR) is 102 cm³/mol. The first-order valence-corrected chi connectivity index (χ1v) is 8.86. The molecule has 0 spiro atoms. The Hall–Kier alpha value is -1.85. The average molecular weight is 329 g/mol. The molecule has 5 nitrogen and oxygen atoms in total. The van der Waals surface area contributed by atoms with Crippen molar-refractivity contribution in [3.63, 3.8) is 0 Å². The molecule has 1 aromatic carbocycles. The summed E-state index contributed by atoms with van der Waals surface area (Å²) in [6.07, 6.45) is 2.97. The number of rotatable bonds is 8. The molecule has 1 saturated heterocycles. The number of piperazine rings is 1. The predicted octanol–water partition coefficient (Wildman–Crippen LogP) is 1.55. The fourth-order valence-corrected chi connectivity index (χ4v) is 2.91. The Morgan fingerprint density at radius 2 is 1.83 bits per heavy atom. The third-order valence-electron chi connectivity index (χ3n) is 4.29. The van der Waals surface area contributed by atoms with Crippen LogP contribution >= 0.6 is 0 Å². The molecule has 0 aliphatic carbocycles. The lowest BCUT2D eigenvalue weighted by molar-refractivity contribution is 0.126. The number of hydrogen-bond acceptors (Lipinski definition) is 3. The zero-order valence-corrected chi connectivity index (χ0v) is 14.9. The van der Waals surface area contributed by atoms with Crippen molar-refractivity contribution < 1.29 is 0 Å². The maximum Gasteiger partial charge on any atom is 0.191 e. The number of nitrogens with zero attached hydrogens (tertiary/aromatic N) is 3. The van der Waals surface area contributed by atoms with Crippen molar-refractivity contribution in [2.45, 2.75) is 13.0 Å². The van der Waals surface area contributed by atoms with E-state index in [1.165, 1.54) is 5.56 Å². The van der Waals surface area contributed by atoms with Crippen LogP contribution in [-0.2, 0) is 6.54 Å². The summed E-state index contributed by atoms with van der Waals surface area (Å²) in [5.41, 5.74) is 1.41. The third kappa shape index (κ3) is 6.72. The van der Waals surface area contributed by atoms with Crippen molar-refractivity contribution >= 4 is 5.96 Å². The van der Waals surface area contributed by atoms with Crippen LogP contribution in [-0.4, -0.2) is 68.6 Å². The lowest BCUT2D eigenvalue weighted by Crippen LogP contribution is -2.46. The Kier molecular flexibility index (Phi) is 8.35. The Morgan fingerprint density at radius 3 is 2.50 bits per heavy atom. The highest BCUT2D eigenvalue weighted by Crippen LogP contribution is 2.08. The summed E-state index contributed by atoms with van der Waals surface area (Å²) < 4.78 is 0. The van der Waals surface area contributed by atoms with Gasteiger partial charge >= 0.3 is 0 Å². The van der Waals surface area contributed by atoms with Gasteiger partial charge in [-0.3, -0.25) is 9.89 Å². The van der Waals surface area contributed by atoms with Crippen molar-refractivity contribution in [1.82, 2.24) is 20.4 Å². The summed E-state index contributed by atoms with van der Waals surface area (Å²) in [6.45, 7) is 12.2. The normalized spacial score (nSPS) is 16.8. The number of nitrogens with one attached hydrogen (secondary N) is 2. The van der Waals surface area contributed by atoms with Crippen LogP contribution in [0.1, 0.15) is 12.0 Å². The van der Waals surface area contributed by atoms with Crippen molar-refractivity contribution in [3.8, 4) is 0 Å². The van der Waals surface area contributed by atoms with Gasteiger partial charge in [-0.1, -0.05) is 36.4 Å². The molecule has 5 heteroatoms. The largest absolute Gasteiger partial charge is 0.356 e. The first-order chi connectivity index (χ1) is 11.8. The first-order valence-electron chi connectivity index (χ1n) is 8.86. The topological polar surface area (TPSA) is 42.9 Å². The van der Waals surface area contributed by atoms with E-state index in [-0.39, 0.29) is 0 Å². The van der Waals surface area contributed by atoms with Gasteiger partial charge in [0.15, 0.2) is 5.96 Å². The lowest BCUT2D eigenvalue weighted by Gasteiger charge is -2.34. The SMILES string of the molecule is C=CCNC(=NC)NCCCN1CCN(Cc2ccccc2)CC1. The molecule has 132 valence electrons. The molecule has 1 heterocycles. The second kappa shape index (κ2) is 10.8. The van der Waals surface area contributed by atoms with Gasteiger partial charge in [0.2, 0.25) is 0 Å². The molecule has 0 radical (unpaired) electrons. The molecule has 0 atom stereocenters. The molecule has 0 bridgehead atoms. The Morgan fingerprint density at radius 1 is 1.12 bits per heavy atom. The fraction of sp³-hybridized carbons (Fsp3) is 0.526. The maximum atomic E-state index is 4.19. The van der Waals surface area contributed by atoms with E-state index < -0.39 is 0 Å². The fourth-order valence-electron chi connectivity index (χ4n) is 2.91. The summed E-state index contributed by atoms with van der Waals surface area (Å²) in [6, 6.07) is 10.8. The van der Waals surface area contributed by atoms with Gasteiger partial charge in [0.1, 0.15) is 0 Å². The van der Waals surface area contributed by atoms with Gasteiger partial charge in [0.25, 0.3) is 0 Å². The third-order valence-corrected chi connectivity index (χ3v) is 4.29. The number of aliphatic imine (C=N–C) groups is 1. The standard InChI is InChI=1S/C19H31N5/c1-3-10-21-19(20-2)22-11-7-12-23-13-15-24(16-14-23)17-18-8-5-4-6-9-18/h3-6,8-9H,1,7,10-17H2,2H3,(H2,20,21,22). The van der Waals surface area contributed by atoms with Gasteiger partial charge in [-0.15, -0.1) is 6.58 Å². The van der Waals surface area contributed by atoms with Crippen LogP contribution in [0, 0.1) is 0 Å². The van der Waals surface area contributed by atoms with Crippen LogP contribution in [0.4, 0.5) is 0 Å². The molecule has 24 heavy (non-hydrogen) atoms. The second-order valence-electron chi connectivity index (χ2n) is 6.13. The molecule has 1 aliphatic rings. The van der Waals surface area contributed by atoms with Gasteiger partial charge in [0.05, 0.1) is 0 Å². The maximum absolute atomic E-state index is 4.19. The quantitative estimate of drug-likeness (QED) is 0.329. The van der Waals surface area contributed by atoms with E-state index >= 15 is 0 Å². The zero-order valence-electron chi connectivity index (χ0n) is 14.9. The van der Waals surface area contributed by atoms with Crippen molar-refractivity contribution in [1.29, 1.82) is 0 Å². The van der Waals surface area contributed by atoms with Gasteiger partial charge < -0.3 is 15.5 Å². The highest BCUT2D eigenvalue weighted by molar-refractivity contribution is 5.79. The highest BCUT2D eigenvalue weighted by Gasteiger charge is 2.16. The Labute approximate surface area is 146 Å². The van der Waals surface area contributed by atoms with Crippen LogP contribution in [0.5, 0.6) is 0 Å². The van der Waals surface area contributed by atoms with E-state index in [1.54, 1.807) is 7.05 Å². The zero-order chi connectivity index (χ0) is 17.0. The number of guanidine groups is 1. The Balaban J connectivity index is 1.57. The van der Waals surface area contributed by atoms with E-state index in [0.29, 0.717) is 0 Å². The molecule has 1 aliphatic heterocycles. The Bertz CT molecular complexity index is 492. The molecule has 2 N–H and O–H groups in total. The smallest absolute Gasteiger partial charge is 0.191 e. The van der Waals surface area contributed by atoms with Crippen molar-refractivity contribution in [3.05, 3.63) is 48.6 Å². The molecule has 1 aromatic rings. The lowest BCUT2D eigenvalue weighted by atomic mass is 10.2. The summed E-state index contributed by atoms with van der Waals surface area (Å²) >= 11 is 0. The molecule has 1 fully saturated rings. The van der Waals surface area contributed by atoms with Gasteiger partial charge in [-0.2, -0.15) is 0 Å². The summed E-state index contributed by atoms with van der Waals surface area (Å²) in [7, 11) is 1.80. The minimum absolute atomic E-state index is 0.739. The molecule has 0 saturated carbocycles. The molecular formula is C19H31N5. The first kappa shape index (κ1) is 18.5. The molecular weight excluding hydrogens is 298 g/mol. The van der Waals surface area contributed by atoms with Crippen molar-refractivity contribution in [2.24, 2.45) is 4.99 Å². The van der Waals surface area contributed by atoms with Gasteiger partial charge in [-0.25, -0.2) is 0 Å². The minimum Gasteiger partial charge on any atom is -0.356 e. The molecule has 0 unspecified atom stereocenters. The van der Waals surface area contributed by atoms with E-state index in [0.717, 1.165) is 64.7 Å². The molecule has 0 amide bonds. The summed E-state index contributed by atoms with van der Waals surface area (Å²) in [5.74, 6) is 0.850.